The van der Waals surface area contributed by atoms with E-state index in [1.807, 2.05) is 24.3 Å². The Balaban J connectivity index is 1.49. The van der Waals surface area contributed by atoms with E-state index in [-0.39, 0.29) is 5.57 Å². The molecule has 0 N–H and O–H groups in total. The summed E-state index contributed by atoms with van der Waals surface area (Å²) in [5, 5.41) is 0. The van der Waals surface area contributed by atoms with Crippen molar-refractivity contribution in [3.8, 4) is 5.75 Å². The van der Waals surface area contributed by atoms with Crippen molar-refractivity contribution in [2.24, 2.45) is 0 Å². The maximum Gasteiger partial charge on any atom is 0.343 e. The molecule has 8 heteroatoms. The lowest BCUT2D eigenvalue weighted by molar-refractivity contribution is -0.121. The molecular formula is C30H20Br2N2O4. The molecule has 0 saturated carbocycles. The summed E-state index contributed by atoms with van der Waals surface area (Å²) in [7, 11) is 0. The highest BCUT2D eigenvalue weighted by Gasteiger charge is 2.43. The minimum absolute atomic E-state index is 0.133. The normalized spacial score (nSPS) is 13.6. The molecule has 1 aliphatic rings. The maximum atomic E-state index is 13.5. The summed E-state index contributed by atoms with van der Waals surface area (Å²) in [6, 6.07) is 29.4. The molecule has 5 rings (SSSR count). The first kappa shape index (κ1) is 25.6. The molecule has 188 valence electrons. The van der Waals surface area contributed by atoms with Crippen LogP contribution < -0.4 is 14.5 Å². The Hall–Kier alpha value is -4.01. The van der Waals surface area contributed by atoms with E-state index in [0.29, 0.717) is 33.8 Å². The highest BCUT2D eigenvalue weighted by Crippen LogP contribution is 2.32. The fourth-order valence-corrected chi connectivity index (χ4v) is 4.91. The molecule has 1 heterocycles. The van der Waals surface area contributed by atoms with Gasteiger partial charge in [0.25, 0.3) is 11.8 Å². The van der Waals surface area contributed by atoms with Crippen molar-refractivity contribution in [1.29, 1.82) is 0 Å². The lowest BCUT2D eigenvalue weighted by Gasteiger charge is -2.33. The summed E-state index contributed by atoms with van der Waals surface area (Å²) in [5.41, 5.74) is 2.21. The van der Waals surface area contributed by atoms with E-state index < -0.39 is 17.8 Å². The first-order valence-electron chi connectivity index (χ1n) is 11.6. The predicted octanol–water partition coefficient (Wildman–Crippen LogP) is 7.37. The predicted molar refractivity (Wildman–Crippen MR) is 154 cm³/mol. The Labute approximate surface area is 236 Å². The first-order chi connectivity index (χ1) is 18.4. The average molecular weight is 632 g/mol. The van der Waals surface area contributed by atoms with Crippen LogP contribution in [-0.4, -0.2) is 17.8 Å². The summed E-state index contributed by atoms with van der Waals surface area (Å²) >= 11 is 7.05. The summed E-state index contributed by atoms with van der Waals surface area (Å²) in [6.07, 6.45) is 1.49. The van der Waals surface area contributed by atoms with Crippen molar-refractivity contribution in [2.45, 2.75) is 6.61 Å². The molecule has 4 aromatic carbocycles. The number of urea groups is 1. The van der Waals surface area contributed by atoms with Crippen molar-refractivity contribution in [1.82, 2.24) is 0 Å². The summed E-state index contributed by atoms with van der Waals surface area (Å²) in [6.45, 7) is 0.359. The molecule has 0 aromatic heterocycles. The van der Waals surface area contributed by atoms with Crippen LogP contribution in [0.5, 0.6) is 5.75 Å². The van der Waals surface area contributed by atoms with Crippen LogP contribution in [0.1, 0.15) is 11.1 Å². The van der Waals surface area contributed by atoms with Gasteiger partial charge in [0.1, 0.15) is 17.9 Å². The highest BCUT2D eigenvalue weighted by atomic mass is 79.9. The third kappa shape index (κ3) is 5.18. The zero-order valence-corrected chi connectivity index (χ0v) is 23.1. The monoisotopic (exact) mass is 630 g/mol. The molecule has 0 aliphatic carbocycles. The molecule has 4 aromatic rings. The van der Waals surface area contributed by atoms with Gasteiger partial charge in [0.15, 0.2) is 0 Å². The Morgan fingerprint density at radius 1 is 0.658 bits per heavy atom. The van der Waals surface area contributed by atoms with Crippen molar-refractivity contribution in [3.05, 3.63) is 129 Å². The van der Waals surface area contributed by atoms with Crippen LogP contribution in [0.4, 0.5) is 16.2 Å². The zero-order chi connectivity index (χ0) is 26.6. The Morgan fingerprint density at radius 3 is 1.76 bits per heavy atom. The Morgan fingerprint density at radius 2 is 1.21 bits per heavy atom. The second kappa shape index (κ2) is 11.2. The topological polar surface area (TPSA) is 66.9 Å². The second-order valence-corrected chi connectivity index (χ2v) is 10.1. The first-order valence-corrected chi connectivity index (χ1v) is 13.2. The number of ether oxygens (including phenoxy) is 1. The average Bonchev–Trinajstić information content (AvgIpc) is 2.93. The van der Waals surface area contributed by atoms with Crippen molar-refractivity contribution in [3.63, 3.8) is 0 Å². The Bertz CT molecular complexity index is 1490. The standard InChI is InChI=1S/C30H20Br2N2O4/c31-25-14-8-7-9-21(25)19-38-27-16-15-20(18-26(27)32)17-24-28(35)33(22-10-3-1-4-11-22)30(37)34(29(24)36)23-12-5-2-6-13-23/h1-18H,19H2. The summed E-state index contributed by atoms with van der Waals surface area (Å²) in [4.78, 5) is 42.5. The molecule has 0 atom stereocenters. The van der Waals surface area contributed by atoms with E-state index in [0.717, 1.165) is 19.8 Å². The SMILES string of the molecule is O=C1C(=Cc2ccc(OCc3ccccc3Br)c(Br)c2)C(=O)N(c2ccccc2)C(=O)N1c1ccccc1. The smallest absolute Gasteiger partial charge is 0.343 e. The molecule has 0 radical (unpaired) electrons. The highest BCUT2D eigenvalue weighted by molar-refractivity contribution is 9.10. The molecule has 4 amide bonds. The van der Waals surface area contributed by atoms with E-state index in [9.17, 15) is 14.4 Å². The van der Waals surface area contributed by atoms with Gasteiger partial charge in [-0.15, -0.1) is 0 Å². The van der Waals surface area contributed by atoms with E-state index >= 15 is 0 Å². The van der Waals surface area contributed by atoms with E-state index in [4.69, 9.17) is 4.74 Å². The van der Waals surface area contributed by atoms with Crippen LogP contribution in [-0.2, 0) is 16.2 Å². The summed E-state index contributed by atoms with van der Waals surface area (Å²) < 4.78 is 7.57. The van der Waals surface area contributed by atoms with Crippen LogP contribution in [0.15, 0.2) is 118 Å². The van der Waals surface area contributed by atoms with Crippen LogP contribution in [0.3, 0.4) is 0 Å². The van der Waals surface area contributed by atoms with E-state index in [1.54, 1.807) is 78.9 Å². The number of para-hydroxylation sites is 2. The minimum Gasteiger partial charge on any atom is -0.488 e. The molecule has 1 fully saturated rings. The zero-order valence-electron chi connectivity index (χ0n) is 19.9. The maximum absolute atomic E-state index is 13.5. The number of benzene rings is 4. The quantitative estimate of drug-likeness (QED) is 0.165. The van der Waals surface area contributed by atoms with Gasteiger partial charge in [0.2, 0.25) is 0 Å². The Kier molecular flexibility index (Phi) is 7.53. The number of carbonyl (C=O) groups excluding carboxylic acids is 3. The van der Waals surface area contributed by atoms with Gasteiger partial charge in [-0.1, -0.05) is 76.6 Å². The third-order valence-corrected chi connectivity index (χ3v) is 7.28. The number of amides is 4. The van der Waals surface area contributed by atoms with Gasteiger partial charge in [-0.05, 0) is 70.0 Å². The molecular weight excluding hydrogens is 612 g/mol. The number of carbonyl (C=O) groups is 3. The number of hydrogen-bond acceptors (Lipinski definition) is 4. The molecule has 0 bridgehead atoms. The second-order valence-electron chi connectivity index (χ2n) is 8.36. The van der Waals surface area contributed by atoms with Gasteiger partial charge in [0.05, 0.1) is 15.8 Å². The number of rotatable bonds is 6. The van der Waals surface area contributed by atoms with E-state index in [1.165, 1.54) is 6.08 Å². The lowest BCUT2D eigenvalue weighted by atomic mass is 10.0. The lowest BCUT2D eigenvalue weighted by Crippen LogP contribution is -2.57. The fraction of sp³-hybridized carbons (Fsp3) is 0.0333. The summed E-state index contributed by atoms with van der Waals surface area (Å²) in [5.74, 6) is -0.774. The van der Waals surface area contributed by atoms with Crippen molar-refractivity contribution < 1.29 is 19.1 Å². The molecule has 0 spiro atoms. The number of imide groups is 2. The van der Waals surface area contributed by atoms with Gasteiger partial charge >= 0.3 is 6.03 Å². The number of anilines is 2. The largest absolute Gasteiger partial charge is 0.488 e. The van der Waals surface area contributed by atoms with E-state index in [2.05, 4.69) is 31.9 Å². The van der Waals surface area contributed by atoms with Crippen LogP contribution in [0.25, 0.3) is 6.08 Å². The molecule has 38 heavy (non-hydrogen) atoms. The number of halogens is 2. The van der Waals surface area contributed by atoms with Crippen LogP contribution in [0, 0.1) is 0 Å². The molecule has 6 nitrogen and oxygen atoms in total. The van der Waals surface area contributed by atoms with Gasteiger partial charge in [-0.25, -0.2) is 14.6 Å². The third-order valence-electron chi connectivity index (χ3n) is 5.89. The number of barbiturate groups is 1. The molecule has 1 saturated heterocycles. The number of hydrogen-bond donors (Lipinski definition) is 0. The molecule has 1 aliphatic heterocycles. The van der Waals surface area contributed by atoms with Gasteiger partial charge in [-0.3, -0.25) is 9.59 Å². The minimum atomic E-state index is -0.730. The van der Waals surface area contributed by atoms with Gasteiger partial charge < -0.3 is 4.74 Å². The fourth-order valence-electron chi connectivity index (χ4n) is 4.00. The van der Waals surface area contributed by atoms with Crippen molar-refractivity contribution >= 4 is 67.2 Å². The van der Waals surface area contributed by atoms with Crippen LogP contribution >= 0.6 is 31.9 Å². The van der Waals surface area contributed by atoms with Gasteiger partial charge in [0, 0.05) is 10.0 Å². The molecule has 0 unspecified atom stereocenters. The van der Waals surface area contributed by atoms with Crippen LogP contribution in [0.2, 0.25) is 0 Å². The number of nitrogens with zero attached hydrogens (tertiary/aromatic N) is 2. The van der Waals surface area contributed by atoms with Crippen molar-refractivity contribution in [2.75, 3.05) is 9.80 Å². The van der Waals surface area contributed by atoms with Gasteiger partial charge in [-0.2, -0.15) is 0 Å².